The first-order valence-electron chi connectivity index (χ1n) is 9.51. The van der Waals surface area contributed by atoms with E-state index < -0.39 is 17.2 Å². The Bertz CT molecular complexity index is 1000. The molecule has 0 amide bonds. The average molecular weight is 389 g/mol. The van der Waals surface area contributed by atoms with Gasteiger partial charge in [-0.25, -0.2) is 9.18 Å². The smallest absolute Gasteiger partial charge is 0.341 e. The number of hydrogen-bond acceptors (Lipinski definition) is 5. The van der Waals surface area contributed by atoms with Crippen LogP contribution < -0.4 is 20.8 Å². The van der Waals surface area contributed by atoms with Crippen molar-refractivity contribution in [1.82, 2.24) is 4.57 Å². The second-order valence-electron chi connectivity index (χ2n) is 7.96. The third-order valence-electron chi connectivity index (χ3n) is 5.58. The van der Waals surface area contributed by atoms with Crippen LogP contribution in [0.2, 0.25) is 0 Å². The molecule has 1 aromatic heterocycles. The largest absolute Gasteiger partial charge is 0.492 e. The van der Waals surface area contributed by atoms with Crippen molar-refractivity contribution in [3.63, 3.8) is 0 Å². The van der Waals surface area contributed by atoms with Gasteiger partial charge >= 0.3 is 5.97 Å². The predicted octanol–water partition coefficient (Wildman–Crippen LogP) is 2.36. The minimum absolute atomic E-state index is 0.0271. The van der Waals surface area contributed by atoms with E-state index in [0.29, 0.717) is 24.5 Å². The predicted molar refractivity (Wildman–Crippen MR) is 104 cm³/mol. The molecule has 2 fully saturated rings. The highest BCUT2D eigenvalue weighted by Gasteiger charge is 2.33. The minimum Gasteiger partial charge on any atom is -0.492 e. The van der Waals surface area contributed by atoms with Gasteiger partial charge in [0.25, 0.3) is 0 Å². The normalized spacial score (nSPS) is 22.5. The number of rotatable bonds is 4. The first kappa shape index (κ1) is 18.7. The number of carboxylic acid groups (broad SMARTS) is 1. The van der Waals surface area contributed by atoms with E-state index in [9.17, 15) is 14.7 Å². The van der Waals surface area contributed by atoms with E-state index >= 15 is 4.39 Å². The second kappa shape index (κ2) is 6.77. The number of piperidine rings is 1. The fourth-order valence-corrected chi connectivity index (χ4v) is 4.31. The van der Waals surface area contributed by atoms with Crippen LogP contribution in [0.3, 0.4) is 0 Å². The lowest BCUT2D eigenvalue weighted by Gasteiger charge is -2.37. The first-order valence-corrected chi connectivity index (χ1v) is 9.51. The highest BCUT2D eigenvalue weighted by molar-refractivity contribution is 5.97. The maximum Gasteiger partial charge on any atom is 0.341 e. The van der Waals surface area contributed by atoms with Crippen LogP contribution in [0, 0.1) is 11.7 Å². The van der Waals surface area contributed by atoms with E-state index in [2.05, 4.69) is 6.92 Å². The van der Waals surface area contributed by atoms with E-state index in [1.54, 1.807) is 4.57 Å². The SMILES string of the molecule is COc1c(N2C[C@@H](C)C[C@H](N)C2)c(F)cc2c(=O)c(C(=O)O)cn(C3CC3)c12. The Hall–Kier alpha value is -2.61. The third kappa shape index (κ3) is 3.01. The van der Waals surface area contributed by atoms with Gasteiger partial charge in [0.1, 0.15) is 11.3 Å². The number of aromatic carboxylic acids is 1. The van der Waals surface area contributed by atoms with Crippen molar-refractivity contribution in [1.29, 1.82) is 0 Å². The molecule has 0 spiro atoms. The van der Waals surface area contributed by atoms with E-state index in [1.165, 1.54) is 13.3 Å². The standard InChI is InChI=1S/C20H24FN3O4/c1-10-5-11(22)8-23(7-10)17-15(21)6-13-16(19(17)28-2)24(12-3-4-12)9-14(18(13)25)20(26)27/h6,9-12H,3-5,7-8,22H2,1-2H3,(H,26,27)/t10-,11-/m0/s1. The number of nitrogens with two attached hydrogens (primary N) is 1. The quantitative estimate of drug-likeness (QED) is 0.833. The summed E-state index contributed by atoms with van der Waals surface area (Å²) in [5.74, 6) is -1.37. The number of pyridine rings is 1. The molecule has 2 aromatic rings. The van der Waals surface area contributed by atoms with Gasteiger partial charge < -0.3 is 25.0 Å². The van der Waals surface area contributed by atoms with Gasteiger partial charge in [0.05, 0.1) is 18.0 Å². The Morgan fingerprint density at radius 1 is 1.36 bits per heavy atom. The summed E-state index contributed by atoms with van der Waals surface area (Å²) in [5.41, 5.74) is 5.82. The van der Waals surface area contributed by atoms with E-state index in [-0.39, 0.29) is 34.5 Å². The van der Waals surface area contributed by atoms with Crippen molar-refractivity contribution in [2.24, 2.45) is 11.7 Å². The molecule has 2 atom stereocenters. The van der Waals surface area contributed by atoms with Crippen molar-refractivity contribution >= 4 is 22.6 Å². The van der Waals surface area contributed by atoms with Crippen molar-refractivity contribution in [3.05, 3.63) is 33.9 Å². The molecular formula is C20H24FN3O4. The Kier molecular flexibility index (Phi) is 4.53. The van der Waals surface area contributed by atoms with Crippen LogP contribution in [0.5, 0.6) is 5.75 Å². The molecule has 0 radical (unpaired) electrons. The summed E-state index contributed by atoms with van der Waals surface area (Å²) in [6, 6.07) is 1.14. The van der Waals surface area contributed by atoms with Crippen LogP contribution in [0.15, 0.2) is 17.1 Å². The highest BCUT2D eigenvalue weighted by Crippen LogP contribution is 2.44. The Morgan fingerprint density at radius 3 is 2.64 bits per heavy atom. The first-order chi connectivity index (χ1) is 13.3. The molecule has 1 saturated carbocycles. The molecule has 1 aliphatic heterocycles. The van der Waals surface area contributed by atoms with Crippen LogP contribution in [0.4, 0.5) is 10.1 Å². The van der Waals surface area contributed by atoms with Gasteiger partial charge in [-0.05, 0) is 31.2 Å². The molecule has 3 N–H and O–H groups in total. The van der Waals surface area contributed by atoms with Gasteiger partial charge in [-0.2, -0.15) is 0 Å². The molecule has 2 aliphatic rings. The van der Waals surface area contributed by atoms with Gasteiger partial charge in [0.15, 0.2) is 11.6 Å². The van der Waals surface area contributed by atoms with Crippen molar-refractivity contribution in [3.8, 4) is 5.75 Å². The molecule has 28 heavy (non-hydrogen) atoms. The number of nitrogens with zero attached hydrogens (tertiary/aromatic N) is 2. The average Bonchev–Trinajstić information content (AvgIpc) is 3.45. The summed E-state index contributed by atoms with van der Waals surface area (Å²) in [7, 11) is 1.44. The van der Waals surface area contributed by atoms with E-state index in [0.717, 1.165) is 25.3 Å². The molecule has 1 aliphatic carbocycles. The number of halogens is 1. The molecule has 4 rings (SSSR count). The molecule has 2 heterocycles. The summed E-state index contributed by atoms with van der Waals surface area (Å²) < 4.78 is 22.6. The van der Waals surface area contributed by atoms with E-state index in [4.69, 9.17) is 10.5 Å². The molecule has 150 valence electrons. The van der Waals surface area contributed by atoms with Crippen molar-refractivity contribution in [2.75, 3.05) is 25.1 Å². The highest BCUT2D eigenvalue weighted by atomic mass is 19.1. The third-order valence-corrected chi connectivity index (χ3v) is 5.58. The number of ether oxygens (including phenoxy) is 1. The number of carboxylic acids is 1. The maximum absolute atomic E-state index is 15.2. The van der Waals surface area contributed by atoms with Gasteiger partial charge in [-0.1, -0.05) is 6.92 Å². The zero-order valence-electron chi connectivity index (χ0n) is 15.9. The number of fused-ring (bicyclic) bond motifs is 1. The Labute approximate surface area is 161 Å². The lowest BCUT2D eigenvalue weighted by atomic mass is 9.95. The van der Waals surface area contributed by atoms with Crippen molar-refractivity contribution in [2.45, 2.75) is 38.3 Å². The van der Waals surface area contributed by atoms with Crippen LogP contribution >= 0.6 is 0 Å². The summed E-state index contributed by atoms with van der Waals surface area (Å²) in [6.07, 6.45) is 3.97. The minimum atomic E-state index is -1.32. The monoisotopic (exact) mass is 389 g/mol. The van der Waals surface area contributed by atoms with Crippen LogP contribution in [-0.2, 0) is 0 Å². The number of aromatic nitrogens is 1. The number of methoxy groups -OCH3 is 1. The fraction of sp³-hybridized carbons (Fsp3) is 0.500. The fourth-order valence-electron chi connectivity index (χ4n) is 4.31. The zero-order valence-corrected chi connectivity index (χ0v) is 15.9. The molecule has 0 unspecified atom stereocenters. The zero-order chi connectivity index (χ0) is 20.2. The molecule has 1 saturated heterocycles. The Morgan fingerprint density at radius 2 is 2.07 bits per heavy atom. The molecule has 7 nitrogen and oxygen atoms in total. The topological polar surface area (TPSA) is 97.8 Å². The van der Waals surface area contributed by atoms with Gasteiger partial charge in [-0.3, -0.25) is 4.79 Å². The van der Waals surface area contributed by atoms with E-state index in [1.807, 2.05) is 4.90 Å². The van der Waals surface area contributed by atoms with Gasteiger partial charge in [0, 0.05) is 31.4 Å². The summed E-state index contributed by atoms with van der Waals surface area (Å²) >= 11 is 0. The van der Waals surface area contributed by atoms with Gasteiger partial charge in [-0.15, -0.1) is 0 Å². The number of benzene rings is 1. The molecule has 8 heteroatoms. The Balaban J connectivity index is 2.02. The summed E-state index contributed by atoms with van der Waals surface area (Å²) in [4.78, 5) is 26.1. The second-order valence-corrected chi connectivity index (χ2v) is 7.96. The van der Waals surface area contributed by atoms with Crippen LogP contribution in [-0.4, -0.2) is 41.9 Å². The number of anilines is 1. The summed E-state index contributed by atoms with van der Waals surface area (Å²) in [6.45, 7) is 3.19. The number of carbonyl (C=O) groups is 1. The lowest BCUT2D eigenvalue weighted by molar-refractivity contribution is 0.0695. The van der Waals surface area contributed by atoms with Gasteiger partial charge in [0.2, 0.25) is 5.43 Å². The molecule has 0 bridgehead atoms. The number of hydrogen-bond donors (Lipinski definition) is 2. The van der Waals surface area contributed by atoms with Crippen LogP contribution in [0.1, 0.15) is 42.6 Å². The molecular weight excluding hydrogens is 365 g/mol. The summed E-state index contributed by atoms with van der Waals surface area (Å²) in [5, 5.41) is 9.43. The van der Waals surface area contributed by atoms with Crippen LogP contribution in [0.25, 0.3) is 10.9 Å². The lowest BCUT2D eigenvalue weighted by Crippen LogP contribution is -2.46. The van der Waals surface area contributed by atoms with Crippen molar-refractivity contribution < 1.29 is 19.0 Å². The molecule has 1 aromatic carbocycles. The maximum atomic E-state index is 15.2.